The Morgan fingerprint density at radius 2 is 2.22 bits per heavy atom. The molecule has 1 saturated heterocycles. The lowest BCUT2D eigenvalue weighted by atomic mass is 10.0. The molecule has 1 aliphatic rings. The van der Waals surface area contributed by atoms with Crippen LogP contribution in [0, 0.1) is 12.7 Å². The maximum Gasteiger partial charge on any atom is 0.139 e. The van der Waals surface area contributed by atoms with Gasteiger partial charge in [0.1, 0.15) is 11.5 Å². The van der Waals surface area contributed by atoms with E-state index in [4.69, 9.17) is 16.3 Å². The summed E-state index contributed by atoms with van der Waals surface area (Å²) >= 11 is 9.40. The molecule has 3 nitrogen and oxygen atoms in total. The van der Waals surface area contributed by atoms with Gasteiger partial charge in [0.05, 0.1) is 24.1 Å². The number of aryl methyl sites for hydroxylation is 1. The Labute approximate surface area is 146 Å². The van der Waals surface area contributed by atoms with Crippen molar-refractivity contribution in [2.24, 2.45) is 0 Å². The fourth-order valence-corrected chi connectivity index (χ4v) is 3.57. The Balaban J connectivity index is 1.98. The van der Waals surface area contributed by atoms with E-state index < -0.39 is 0 Å². The van der Waals surface area contributed by atoms with Crippen LogP contribution in [0.3, 0.4) is 0 Å². The summed E-state index contributed by atoms with van der Waals surface area (Å²) in [4.78, 5) is 4.64. The molecule has 1 fully saturated rings. The van der Waals surface area contributed by atoms with Crippen molar-refractivity contribution in [3.8, 4) is 11.3 Å². The zero-order valence-corrected chi connectivity index (χ0v) is 14.7. The number of nitrogens with zero attached hydrogens (tertiary/aromatic N) is 2. The standard InChI is InChI=1S/C17H13BrClFN2O/c1-9-4-10(18)5-13(20)16(9)17-14(7-12-8-23-12)22-3-2-11(19)6-15(22)21-17/h2-6,12H,7-8H2,1H3. The third-order valence-electron chi connectivity index (χ3n) is 4.00. The molecule has 0 aliphatic carbocycles. The van der Waals surface area contributed by atoms with Crippen molar-refractivity contribution in [1.29, 1.82) is 0 Å². The predicted molar refractivity (Wildman–Crippen MR) is 91.5 cm³/mol. The van der Waals surface area contributed by atoms with E-state index in [0.717, 1.165) is 22.3 Å². The van der Waals surface area contributed by atoms with Gasteiger partial charge in [0.2, 0.25) is 0 Å². The highest BCUT2D eigenvalue weighted by Gasteiger charge is 2.28. The third kappa shape index (κ3) is 2.77. The fourth-order valence-electron chi connectivity index (χ4n) is 2.87. The summed E-state index contributed by atoms with van der Waals surface area (Å²) in [5.74, 6) is -0.288. The smallest absolute Gasteiger partial charge is 0.139 e. The second kappa shape index (κ2) is 5.58. The number of pyridine rings is 1. The average molecular weight is 396 g/mol. The first-order chi connectivity index (χ1) is 11.0. The molecule has 0 saturated carbocycles. The van der Waals surface area contributed by atoms with Gasteiger partial charge in [-0.15, -0.1) is 0 Å². The number of rotatable bonds is 3. The minimum absolute atomic E-state index is 0.183. The molecule has 0 amide bonds. The van der Waals surface area contributed by atoms with E-state index >= 15 is 0 Å². The molecule has 118 valence electrons. The minimum atomic E-state index is -0.288. The first-order valence-corrected chi connectivity index (χ1v) is 8.44. The highest BCUT2D eigenvalue weighted by Crippen LogP contribution is 2.34. The highest BCUT2D eigenvalue weighted by atomic mass is 79.9. The summed E-state index contributed by atoms with van der Waals surface area (Å²) in [6.07, 6.45) is 2.76. The summed E-state index contributed by atoms with van der Waals surface area (Å²) in [7, 11) is 0. The number of benzene rings is 1. The molecule has 3 heterocycles. The van der Waals surface area contributed by atoms with Crippen molar-refractivity contribution in [1.82, 2.24) is 9.38 Å². The van der Waals surface area contributed by atoms with Crippen LogP contribution in [0.1, 0.15) is 11.3 Å². The van der Waals surface area contributed by atoms with Gasteiger partial charge in [0, 0.05) is 33.7 Å². The molecule has 6 heteroatoms. The first kappa shape index (κ1) is 15.1. The van der Waals surface area contributed by atoms with Crippen LogP contribution in [0.15, 0.2) is 34.9 Å². The van der Waals surface area contributed by atoms with Crippen LogP contribution in [0.2, 0.25) is 5.02 Å². The van der Waals surface area contributed by atoms with Gasteiger partial charge in [-0.3, -0.25) is 0 Å². The normalized spacial score (nSPS) is 17.0. The van der Waals surface area contributed by atoms with Gasteiger partial charge in [-0.05, 0) is 30.7 Å². The summed E-state index contributed by atoms with van der Waals surface area (Å²) in [5.41, 5.74) is 3.69. The molecule has 0 bridgehead atoms. The highest BCUT2D eigenvalue weighted by molar-refractivity contribution is 9.10. The van der Waals surface area contributed by atoms with Gasteiger partial charge in [0.15, 0.2) is 0 Å². The molecule has 1 aliphatic heterocycles. The summed E-state index contributed by atoms with van der Waals surface area (Å²) in [5, 5.41) is 0.608. The van der Waals surface area contributed by atoms with Crippen molar-refractivity contribution in [3.05, 3.63) is 57.0 Å². The number of epoxide rings is 1. The van der Waals surface area contributed by atoms with E-state index in [1.54, 1.807) is 6.07 Å². The second-order valence-electron chi connectivity index (χ2n) is 5.72. The summed E-state index contributed by atoms with van der Waals surface area (Å²) in [6.45, 7) is 2.62. The van der Waals surface area contributed by atoms with Crippen LogP contribution in [0.5, 0.6) is 0 Å². The van der Waals surface area contributed by atoms with E-state index in [0.29, 0.717) is 28.3 Å². The zero-order valence-electron chi connectivity index (χ0n) is 12.3. The molecule has 2 aromatic heterocycles. The summed E-state index contributed by atoms with van der Waals surface area (Å²) in [6, 6.07) is 6.96. The predicted octanol–water partition coefficient (Wildman–Crippen LogP) is 4.81. The van der Waals surface area contributed by atoms with E-state index in [1.807, 2.05) is 29.7 Å². The topological polar surface area (TPSA) is 29.8 Å². The van der Waals surface area contributed by atoms with Crippen molar-refractivity contribution in [3.63, 3.8) is 0 Å². The Kier molecular flexibility index (Phi) is 3.67. The zero-order chi connectivity index (χ0) is 16.1. The van der Waals surface area contributed by atoms with Gasteiger partial charge in [0.25, 0.3) is 0 Å². The van der Waals surface area contributed by atoms with E-state index in [9.17, 15) is 4.39 Å². The van der Waals surface area contributed by atoms with Gasteiger partial charge in [-0.25, -0.2) is 9.37 Å². The Morgan fingerprint density at radius 1 is 1.43 bits per heavy atom. The van der Waals surface area contributed by atoms with Gasteiger partial charge in [-0.1, -0.05) is 27.5 Å². The van der Waals surface area contributed by atoms with Gasteiger partial charge in [-0.2, -0.15) is 0 Å². The fraction of sp³-hybridized carbons (Fsp3) is 0.235. The minimum Gasteiger partial charge on any atom is -0.373 e. The molecular formula is C17H13BrClFN2O. The molecule has 0 spiro atoms. The number of imidazole rings is 1. The van der Waals surface area contributed by atoms with Crippen molar-refractivity contribution in [2.45, 2.75) is 19.4 Å². The number of hydrogen-bond donors (Lipinski definition) is 0. The van der Waals surface area contributed by atoms with Crippen LogP contribution in [-0.4, -0.2) is 22.1 Å². The van der Waals surface area contributed by atoms with Crippen LogP contribution in [0.4, 0.5) is 4.39 Å². The summed E-state index contributed by atoms with van der Waals surface area (Å²) < 4.78 is 22.6. The van der Waals surface area contributed by atoms with Crippen LogP contribution in [0.25, 0.3) is 16.9 Å². The number of fused-ring (bicyclic) bond motifs is 1. The van der Waals surface area contributed by atoms with Crippen molar-refractivity contribution in [2.75, 3.05) is 6.61 Å². The molecule has 23 heavy (non-hydrogen) atoms. The number of ether oxygens (including phenoxy) is 1. The largest absolute Gasteiger partial charge is 0.373 e. The monoisotopic (exact) mass is 394 g/mol. The van der Waals surface area contributed by atoms with Crippen molar-refractivity contribution < 1.29 is 9.13 Å². The van der Waals surface area contributed by atoms with Gasteiger partial charge >= 0.3 is 0 Å². The third-order valence-corrected chi connectivity index (χ3v) is 4.69. The lowest BCUT2D eigenvalue weighted by molar-refractivity contribution is 0.406. The molecule has 0 radical (unpaired) electrons. The van der Waals surface area contributed by atoms with Crippen LogP contribution in [-0.2, 0) is 11.2 Å². The molecule has 1 atom stereocenters. The van der Waals surface area contributed by atoms with Crippen LogP contribution >= 0.6 is 27.5 Å². The maximum atomic E-state index is 14.6. The quantitative estimate of drug-likeness (QED) is 0.596. The number of hydrogen-bond acceptors (Lipinski definition) is 2. The lowest BCUT2D eigenvalue weighted by Gasteiger charge is -2.09. The number of halogens is 3. The molecule has 1 unspecified atom stereocenters. The maximum absolute atomic E-state index is 14.6. The first-order valence-electron chi connectivity index (χ1n) is 7.27. The lowest BCUT2D eigenvalue weighted by Crippen LogP contribution is -2.01. The molecule has 1 aromatic carbocycles. The van der Waals surface area contributed by atoms with E-state index in [2.05, 4.69) is 20.9 Å². The van der Waals surface area contributed by atoms with E-state index in [1.165, 1.54) is 6.07 Å². The number of aromatic nitrogens is 2. The molecule has 3 aromatic rings. The Morgan fingerprint density at radius 3 is 2.91 bits per heavy atom. The average Bonchev–Trinajstić information content (AvgIpc) is 3.21. The van der Waals surface area contributed by atoms with E-state index in [-0.39, 0.29) is 11.9 Å². The van der Waals surface area contributed by atoms with Crippen LogP contribution < -0.4 is 0 Å². The molecular weight excluding hydrogens is 383 g/mol. The molecule has 4 rings (SSSR count). The second-order valence-corrected chi connectivity index (χ2v) is 7.07. The SMILES string of the molecule is Cc1cc(Br)cc(F)c1-c1nc2cc(Cl)ccn2c1CC1CO1. The Bertz CT molecular complexity index is 897. The van der Waals surface area contributed by atoms with Crippen molar-refractivity contribution >= 4 is 33.2 Å². The van der Waals surface area contributed by atoms with Gasteiger partial charge < -0.3 is 9.14 Å². The molecule has 0 N–H and O–H groups in total. The Hall–Kier alpha value is -1.43.